The van der Waals surface area contributed by atoms with E-state index in [4.69, 9.17) is 8.83 Å². The maximum atomic E-state index is 11.9. The van der Waals surface area contributed by atoms with Crippen LogP contribution in [0.2, 0.25) is 0 Å². The topological polar surface area (TPSA) is 104 Å². The molecule has 8 nitrogen and oxygen atoms in total. The summed E-state index contributed by atoms with van der Waals surface area (Å²) in [4.78, 5) is 26.3. The lowest BCUT2D eigenvalue weighted by Gasteiger charge is -1.97. The van der Waals surface area contributed by atoms with E-state index in [1.54, 1.807) is 6.92 Å². The first-order valence-corrected chi connectivity index (χ1v) is 6.16. The monoisotopic (exact) mass is 289 g/mol. The average molecular weight is 289 g/mol. The number of oxazole rings is 2. The molecule has 0 unspecified atom stereocenters. The normalized spacial score (nSPS) is 11.1. The summed E-state index contributed by atoms with van der Waals surface area (Å²) in [5.41, 5.74) is 1.24. The molecule has 0 radical (unpaired) electrons. The fraction of sp³-hybridized carbons (Fsp3) is 0.231. The molecule has 0 amide bonds. The Morgan fingerprint density at radius 2 is 2.10 bits per heavy atom. The van der Waals surface area contributed by atoms with Gasteiger partial charge in [0.15, 0.2) is 5.58 Å². The molecule has 0 spiro atoms. The van der Waals surface area contributed by atoms with Crippen LogP contribution >= 0.6 is 0 Å². The molecule has 0 aliphatic rings. The van der Waals surface area contributed by atoms with E-state index in [2.05, 4.69) is 4.98 Å². The number of rotatable bonds is 3. The highest BCUT2D eigenvalue weighted by atomic mass is 16.6. The highest BCUT2D eigenvalue weighted by Gasteiger charge is 2.16. The van der Waals surface area contributed by atoms with Crippen molar-refractivity contribution in [3.63, 3.8) is 0 Å². The lowest BCUT2D eigenvalue weighted by Crippen LogP contribution is -2.15. The summed E-state index contributed by atoms with van der Waals surface area (Å²) < 4.78 is 11.8. The molecular weight excluding hydrogens is 278 g/mol. The van der Waals surface area contributed by atoms with Gasteiger partial charge in [0.25, 0.3) is 5.69 Å². The number of nitro benzene ring substituents is 1. The van der Waals surface area contributed by atoms with Gasteiger partial charge in [0, 0.05) is 6.07 Å². The smallest absolute Gasteiger partial charge is 0.420 e. The van der Waals surface area contributed by atoms with E-state index in [9.17, 15) is 14.9 Å². The SMILES string of the molecule is Cc1nc(Cn2c(=O)oc3cc([N+](=O)[O-])ccc32)oc1C. The number of nitro groups is 1. The Balaban J connectivity index is 2.08. The number of fused-ring (bicyclic) bond motifs is 1. The van der Waals surface area contributed by atoms with Gasteiger partial charge in [0.05, 0.1) is 22.2 Å². The molecule has 3 rings (SSSR count). The van der Waals surface area contributed by atoms with Crippen molar-refractivity contribution < 1.29 is 13.8 Å². The first-order chi connectivity index (χ1) is 9.95. The molecule has 2 aromatic heterocycles. The molecule has 0 bridgehead atoms. The average Bonchev–Trinajstić information content (AvgIpc) is 2.90. The van der Waals surface area contributed by atoms with Gasteiger partial charge < -0.3 is 8.83 Å². The summed E-state index contributed by atoms with van der Waals surface area (Å²) in [7, 11) is 0. The van der Waals surface area contributed by atoms with Crippen molar-refractivity contribution in [2.24, 2.45) is 0 Å². The predicted octanol–water partition coefficient (Wildman–Crippen LogP) is 2.16. The third-order valence-electron chi connectivity index (χ3n) is 3.23. The van der Waals surface area contributed by atoms with E-state index in [-0.39, 0.29) is 17.8 Å². The number of nitrogens with zero attached hydrogens (tertiary/aromatic N) is 3. The molecular formula is C13H11N3O5. The molecule has 3 aromatic rings. The molecule has 0 saturated carbocycles. The number of benzene rings is 1. The van der Waals surface area contributed by atoms with Gasteiger partial charge in [-0.2, -0.15) is 0 Å². The zero-order valence-electron chi connectivity index (χ0n) is 11.3. The van der Waals surface area contributed by atoms with Crippen LogP contribution in [0, 0.1) is 24.0 Å². The number of aromatic nitrogens is 2. The van der Waals surface area contributed by atoms with Crippen molar-refractivity contribution >= 4 is 16.8 Å². The van der Waals surface area contributed by atoms with Crippen LogP contribution in [-0.2, 0) is 6.54 Å². The Hall–Kier alpha value is -2.90. The predicted molar refractivity (Wildman–Crippen MR) is 72.2 cm³/mol. The third kappa shape index (κ3) is 2.20. The molecule has 108 valence electrons. The lowest BCUT2D eigenvalue weighted by atomic mass is 10.3. The van der Waals surface area contributed by atoms with E-state index in [1.165, 1.54) is 22.8 Å². The second-order valence-electron chi connectivity index (χ2n) is 4.61. The number of hydrogen-bond donors (Lipinski definition) is 0. The molecule has 1 aromatic carbocycles. The second-order valence-corrected chi connectivity index (χ2v) is 4.61. The van der Waals surface area contributed by atoms with Crippen LogP contribution in [0.25, 0.3) is 11.1 Å². The summed E-state index contributed by atoms with van der Waals surface area (Å²) in [6.45, 7) is 3.70. The minimum absolute atomic E-state index is 0.109. The highest BCUT2D eigenvalue weighted by molar-refractivity contribution is 5.75. The first-order valence-electron chi connectivity index (χ1n) is 6.16. The molecule has 0 atom stereocenters. The van der Waals surface area contributed by atoms with Crippen molar-refractivity contribution in [3.8, 4) is 0 Å². The van der Waals surface area contributed by atoms with Gasteiger partial charge in [0.1, 0.15) is 12.3 Å². The van der Waals surface area contributed by atoms with Gasteiger partial charge in [-0.3, -0.25) is 14.7 Å². The Kier molecular flexibility index (Phi) is 2.86. The fourth-order valence-electron chi connectivity index (χ4n) is 2.06. The Labute approximate surface area is 117 Å². The maximum absolute atomic E-state index is 11.9. The number of hydrogen-bond acceptors (Lipinski definition) is 6. The van der Waals surface area contributed by atoms with Gasteiger partial charge in [-0.05, 0) is 19.9 Å². The molecule has 0 saturated heterocycles. The van der Waals surface area contributed by atoms with E-state index >= 15 is 0 Å². The maximum Gasteiger partial charge on any atom is 0.420 e. The summed E-state index contributed by atoms with van der Waals surface area (Å²) in [6, 6.07) is 4.01. The second kappa shape index (κ2) is 4.58. The van der Waals surface area contributed by atoms with Gasteiger partial charge in [0.2, 0.25) is 5.89 Å². The summed E-state index contributed by atoms with van der Waals surface area (Å²) in [5, 5.41) is 10.7. The number of non-ortho nitro benzene ring substituents is 1. The van der Waals surface area contributed by atoms with Crippen LogP contribution in [0.4, 0.5) is 5.69 Å². The van der Waals surface area contributed by atoms with Crippen molar-refractivity contribution in [3.05, 3.63) is 56.2 Å². The molecule has 0 aliphatic carbocycles. The van der Waals surface area contributed by atoms with Crippen LogP contribution in [0.3, 0.4) is 0 Å². The minimum Gasteiger partial charge on any atom is -0.444 e. The van der Waals surface area contributed by atoms with Crippen LogP contribution in [0.1, 0.15) is 17.3 Å². The Morgan fingerprint density at radius 1 is 1.33 bits per heavy atom. The zero-order valence-corrected chi connectivity index (χ0v) is 11.3. The highest BCUT2D eigenvalue weighted by Crippen LogP contribution is 2.21. The summed E-state index contributed by atoms with van der Waals surface area (Å²) >= 11 is 0. The first kappa shape index (κ1) is 13.1. The molecule has 21 heavy (non-hydrogen) atoms. The largest absolute Gasteiger partial charge is 0.444 e. The Morgan fingerprint density at radius 3 is 2.71 bits per heavy atom. The lowest BCUT2D eigenvalue weighted by molar-refractivity contribution is -0.384. The van der Waals surface area contributed by atoms with Crippen molar-refractivity contribution in [1.82, 2.24) is 9.55 Å². The number of aryl methyl sites for hydroxylation is 2. The van der Waals surface area contributed by atoms with Crippen molar-refractivity contribution in [2.75, 3.05) is 0 Å². The molecule has 0 N–H and O–H groups in total. The van der Waals surface area contributed by atoms with Crippen molar-refractivity contribution in [1.29, 1.82) is 0 Å². The van der Waals surface area contributed by atoms with E-state index in [0.717, 1.165) is 5.69 Å². The van der Waals surface area contributed by atoms with Crippen LogP contribution in [0.15, 0.2) is 31.8 Å². The van der Waals surface area contributed by atoms with Crippen LogP contribution in [0.5, 0.6) is 0 Å². The van der Waals surface area contributed by atoms with Gasteiger partial charge in [-0.15, -0.1) is 0 Å². The molecule has 0 fully saturated rings. The van der Waals surface area contributed by atoms with E-state index < -0.39 is 10.7 Å². The van der Waals surface area contributed by atoms with Gasteiger partial charge >= 0.3 is 5.76 Å². The van der Waals surface area contributed by atoms with Crippen LogP contribution in [-0.4, -0.2) is 14.5 Å². The minimum atomic E-state index is -0.612. The van der Waals surface area contributed by atoms with Crippen molar-refractivity contribution in [2.45, 2.75) is 20.4 Å². The van der Waals surface area contributed by atoms with E-state index in [1.807, 2.05) is 6.92 Å². The van der Waals surface area contributed by atoms with E-state index in [0.29, 0.717) is 17.2 Å². The summed E-state index contributed by atoms with van der Waals surface area (Å²) in [6.07, 6.45) is 0. The standard InChI is InChI=1S/C13H11N3O5/c1-7-8(2)20-12(14-7)6-15-10-4-3-9(16(18)19)5-11(10)21-13(15)17/h3-5H,6H2,1-2H3. The molecule has 2 heterocycles. The zero-order chi connectivity index (χ0) is 15.1. The molecule has 0 aliphatic heterocycles. The van der Waals surface area contributed by atoms with Gasteiger partial charge in [-0.25, -0.2) is 9.78 Å². The van der Waals surface area contributed by atoms with Crippen LogP contribution < -0.4 is 5.76 Å². The quantitative estimate of drug-likeness (QED) is 0.540. The molecule has 8 heteroatoms. The third-order valence-corrected chi connectivity index (χ3v) is 3.23. The van der Waals surface area contributed by atoms with Gasteiger partial charge in [-0.1, -0.05) is 0 Å². The fourth-order valence-corrected chi connectivity index (χ4v) is 2.06. The Bertz CT molecular complexity index is 883. The summed E-state index contributed by atoms with van der Waals surface area (Å²) in [5.74, 6) is 0.452.